The van der Waals surface area contributed by atoms with Gasteiger partial charge in [0.05, 0.1) is 6.54 Å². The topological polar surface area (TPSA) is 80.9 Å². The number of carbonyl (C=O) groups is 1. The van der Waals surface area contributed by atoms with Crippen LogP contribution in [0.15, 0.2) is 40.1 Å². The van der Waals surface area contributed by atoms with Crippen LogP contribution in [0.5, 0.6) is 0 Å². The van der Waals surface area contributed by atoms with Gasteiger partial charge in [0, 0.05) is 29.5 Å². The molecule has 0 aliphatic rings. The molecule has 0 fully saturated rings. The summed E-state index contributed by atoms with van der Waals surface area (Å²) in [6.07, 6.45) is 0.726. The molecule has 0 bridgehead atoms. The van der Waals surface area contributed by atoms with Crippen molar-refractivity contribution in [1.29, 1.82) is 0 Å². The number of hydrogen-bond donors (Lipinski definition) is 1. The van der Waals surface area contributed by atoms with Gasteiger partial charge in [-0.25, -0.2) is 4.98 Å². The van der Waals surface area contributed by atoms with Crippen molar-refractivity contribution in [3.63, 3.8) is 0 Å². The van der Waals surface area contributed by atoms with Gasteiger partial charge in [0.15, 0.2) is 0 Å². The lowest BCUT2D eigenvalue weighted by Crippen LogP contribution is -2.22. The van der Waals surface area contributed by atoms with Gasteiger partial charge in [-0.05, 0) is 19.1 Å². The lowest BCUT2D eigenvalue weighted by molar-refractivity contribution is -0.121. The Hall–Kier alpha value is -2.54. The van der Waals surface area contributed by atoms with Gasteiger partial charge in [-0.15, -0.1) is 21.5 Å². The van der Waals surface area contributed by atoms with E-state index >= 15 is 0 Å². The number of rotatable bonds is 6. The van der Waals surface area contributed by atoms with Gasteiger partial charge in [-0.3, -0.25) is 4.79 Å². The maximum Gasteiger partial charge on any atom is 0.247 e. The van der Waals surface area contributed by atoms with Gasteiger partial charge in [0.1, 0.15) is 5.01 Å². The summed E-state index contributed by atoms with van der Waals surface area (Å²) in [6, 6.07) is 9.55. The predicted octanol–water partition coefficient (Wildman–Crippen LogP) is 2.75. The minimum absolute atomic E-state index is 0.0580. The highest BCUT2D eigenvalue weighted by Gasteiger charge is 2.10. The van der Waals surface area contributed by atoms with Crippen LogP contribution < -0.4 is 5.32 Å². The summed E-state index contributed by atoms with van der Waals surface area (Å²) < 4.78 is 5.57. The van der Waals surface area contributed by atoms with E-state index in [-0.39, 0.29) is 5.91 Å². The van der Waals surface area contributed by atoms with Crippen LogP contribution in [0.3, 0.4) is 0 Å². The Morgan fingerprint density at radius 3 is 2.83 bits per heavy atom. The molecule has 3 rings (SSSR count). The van der Waals surface area contributed by atoms with Crippen LogP contribution in [0.1, 0.15) is 23.0 Å². The van der Waals surface area contributed by atoms with Crippen molar-refractivity contribution in [2.45, 2.75) is 26.3 Å². The van der Waals surface area contributed by atoms with Crippen LogP contribution in [0, 0.1) is 6.92 Å². The largest absolute Gasteiger partial charge is 0.421 e. The molecule has 0 saturated carbocycles. The van der Waals surface area contributed by atoms with Gasteiger partial charge in [0.2, 0.25) is 17.7 Å². The third-order valence-electron chi connectivity index (χ3n) is 3.16. The van der Waals surface area contributed by atoms with E-state index in [0.29, 0.717) is 31.2 Å². The second kappa shape index (κ2) is 7.15. The number of carbonyl (C=O) groups excluding carboxylic acids is 1. The molecule has 3 aromatic rings. The fourth-order valence-corrected chi connectivity index (χ4v) is 2.73. The summed E-state index contributed by atoms with van der Waals surface area (Å²) in [4.78, 5) is 16.1. The van der Waals surface area contributed by atoms with Crippen molar-refractivity contribution in [3.05, 3.63) is 52.3 Å². The van der Waals surface area contributed by atoms with Crippen molar-refractivity contribution in [3.8, 4) is 11.5 Å². The molecule has 0 saturated heterocycles. The van der Waals surface area contributed by atoms with Crippen molar-refractivity contribution < 1.29 is 9.21 Å². The number of nitrogens with zero attached hydrogens (tertiary/aromatic N) is 3. The number of benzene rings is 1. The van der Waals surface area contributed by atoms with Crippen LogP contribution in [0.2, 0.25) is 0 Å². The first-order chi connectivity index (χ1) is 11.2. The van der Waals surface area contributed by atoms with Crippen LogP contribution in [0.25, 0.3) is 11.5 Å². The number of aryl methyl sites for hydroxylation is 2. The molecular formula is C16H16N4O2S. The Kier molecular flexibility index (Phi) is 4.77. The van der Waals surface area contributed by atoms with Crippen molar-refractivity contribution in [1.82, 2.24) is 20.5 Å². The van der Waals surface area contributed by atoms with Gasteiger partial charge >= 0.3 is 0 Å². The summed E-state index contributed by atoms with van der Waals surface area (Å²) in [6.45, 7) is 2.39. The minimum atomic E-state index is -0.0580. The first kappa shape index (κ1) is 15.4. The molecule has 6 nitrogen and oxygen atoms in total. The van der Waals surface area contributed by atoms with E-state index in [1.807, 2.05) is 42.6 Å². The van der Waals surface area contributed by atoms with Crippen LogP contribution in [-0.4, -0.2) is 21.1 Å². The Balaban J connectivity index is 1.48. The Morgan fingerprint density at radius 2 is 2.09 bits per heavy atom. The zero-order valence-electron chi connectivity index (χ0n) is 12.7. The fraction of sp³-hybridized carbons (Fsp3) is 0.250. The fourth-order valence-electron chi connectivity index (χ4n) is 2.02. The van der Waals surface area contributed by atoms with E-state index in [1.165, 1.54) is 0 Å². The summed E-state index contributed by atoms with van der Waals surface area (Å²) in [5.74, 6) is 0.876. The Morgan fingerprint density at radius 1 is 1.26 bits per heavy atom. The van der Waals surface area contributed by atoms with Gasteiger partial charge in [-0.2, -0.15) is 0 Å². The Bertz CT molecular complexity index is 782. The molecule has 1 amide bonds. The van der Waals surface area contributed by atoms with E-state index in [0.717, 1.165) is 16.3 Å². The molecule has 1 aromatic carbocycles. The lowest BCUT2D eigenvalue weighted by Gasteiger charge is -2.01. The van der Waals surface area contributed by atoms with Gasteiger partial charge < -0.3 is 9.73 Å². The zero-order valence-corrected chi connectivity index (χ0v) is 13.5. The second-order valence-electron chi connectivity index (χ2n) is 5.03. The monoisotopic (exact) mass is 328 g/mol. The maximum absolute atomic E-state index is 11.8. The molecule has 1 N–H and O–H groups in total. The van der Waals surface area contributed by atoms with Crippen LogP contribution in [-0.2, 0) is 17.8 Å². The molecule has 118 valence electrons. The zero-order chi connectivity index (χ0) is 16.1. The van der Waals surface area contributed by atoms with E-state index in [4.69, 9.17) is 4.42 Å². The van der Waals surface area contributed by atoms with Crippen molar-refractivity contribution in [2.75, 3.05) is 0 Å². The second-order valence-corrected chi connectivity index (χ2v) is 5.97. The van der Waals surface area contributed by atoms with Gasteiger partial charge in [-0.1, -0.05) is 18.2 Å². The number of amides is 1. The molecule has 0 spiro atoms. The smallest absolute Gasteiger partial charge is 0.247 e. The minimum Gasteiger partial charge on any atom is -0.421 e. The van der Waals surface area contributed by atoms with Crippen molar-refractivity contribution >= 4 is 17.2 Å². The van der Waals surface area contributed by atoms with Crippen LogP contribution in [0.4, 0.5) is 0 Å². The average Bonchev–Trinajstić information content (AvgIpc) is 3.21. The summed E-state index contributed by atoms with van der Waals surface area (Å²) in [5.41, 5.74) is 1.84. The molecule has 0 atom stereocenters. The molecule has 2 heterocycles. The number of nitrogens with one attached hydrogen (secondary N) is 1. The third-order valence-corrected chi connectivity index (χ3v) is 4.12. The molecular weight excluding hydrogens is 312 g/mol. The van der Waals surface area contributed by atoms with E-state index in [1.54, 1.807) is 11.3 Å². The quantitative estimate of drug-likeness (QED) is 0.752. The SMILES string of the molecule is Cc1csc(CNC(=O)CCc2nnc(-c3ccccc3)o2)n1. The first-order valence-corrected chi connectivity index (χ1v) is 8.14. The molecule has 0 aliphatic carbocycles. The maximum atomic E-state index is 11.8. The molecule has 2 aromatic heterocycles. The predicted molar refractivity (Wildman–Crippen MR) is 86.8 cm³/mol. The molecule has 0 unspecified atom stereocenters. The number of aromatic nitrogens is 3. The van der Waals surface area contributed by atoms with Gasteiger partial charge in [0.25, 0.3) is 0 Å². The third kappa shape index (κ3) is 4.23. The summed E-state index contributed by atoms with van der Waals surface area (Å²) in [7, 11) is 0. The summed E-state index contributed by atoms with van der Waals surface area (Å²) >= 11 is 1.54. The van der Waals surface area contributed by atoms with E-state index in [2.05, 4.69) is 20.5 Å². The molecule has 0 aliphatic heterocycles. The van der Waals surface area contributed by atoms with E-state index in [9.17, 15) is 4.79 Å². The highest BCUT2D eigenvalue weighted by atomic mass is 32.1. The lowest BCUT2D eigenvalue weighted by atomic mass is 10.2. The highest BCUT2D eigenvalue weighted by Crippen LogP contribution is 2.17. The highest BCUT2D eigenvalue weighted by molar-refractivity contribution is 7.09. The Labute approximate surface area is 137 Å². The van der Waals surface area contributed by atoms with E-state index < -0.39 is 0 Å². The van der Waals surface area contributed by atoms with Crippen LogP contribution >= 0.6 is 11.3 Å². The first-order valence-electron chi connectivity index (χ1n) is 7.26. The molecule has 0 radical (unpaired) electrons. The molecule has 23 heavy (non-hydrogen) atoms. The normalized spacial score (nSPS) is 10.7. The summed E-state index contributed by atoms with van der Waals surface area (Å²) in [5, 5.41) is 13.7. The standard InChI is InChI=1S/C16H16N4O2S/c1-11-10-23-15(18-11)9-17-13(21)7-8-14-19-20-16(22-14)12-5-3-2-4-6-12/h2-6,10H,7-9H2,1H3,(H,17,21). The number of hydrogen-bond acceptors (Lipinski definition) is 6. The van der Waals surface area contributed by atoms with Crippen molar-refractivity contribution in [2.24, 2.45) is 0 Å². The molecule has 7 heteroatoms. The average molecular weight is 328 g/mol. The number of thiazole rings is 1.